The fourth-order valence-electron chi connectivity index (χ4n) is 4.83. The first-order chi connectivity index (χ1) is 19.9. The molecule has 0 radical (unpaired) electrons. The van der Waals surface area contributed by atoms with Gasteiger partial charge in [0.05, 0.1) is 47.3 Å². The van der Waals surface area contributed by atoms with Gasteiger partial charge in [0.25, 0.3) is 0 Å². The zero-order chi connectivity index (χ0) is 29.4. The van der Waals surface area contributed by atoms with E-state index in [1.165, 1.54) is 0 Å². The van der Waals surface area contributed by atoms with Gasteiger partial charge in [-0.05, 0) is 60.2 Å². The lowest BCUT2D eigenvalue weighted by atomic mass is 10.0. The van der Waals surface area contributed by atoms with E-state index in [4.69, 9.17) is 23.7 Å². The molecule has 2 unspecified atom stereocenters. The number of benzene rings is 3. The van der Waals surface area contributed by atoms with E-state index in [1.54, 1.807) is 28.4 Å². The van der Waals surface area contributed by atoms with Gasteiger partial charge in [-0.25, -0.2) is 9.86 Å². The van der Waals surface area contributed by atoms with Crippen LogP contribution in [0.2, 0.25) is 0 Å². The number of hydrogen-bond acceptors (Lipinski definition) is 8. The van der Waals surface area contributed by atoms with Crippen molar-refractivity contribution < 1.29 is 33.7 Å². The number of carbonyl (C=O) groups excluding carboxylic acids is 1. The van der Waals surface area contributed by atoms with Crippen LogP contribution in [0.1, 0.15) is 53.4 Å². The summed E-state index contributed by atoms with van der Waals surface area (Å²) in [5.74, 6) is 2.77. The van der Waals surface area contributed by atoms with Crippen LogP contribution in [0, 0.1) is 0 Å². The average Bonchev–Trinajstić information content (AvgIpc) is 3.50. The Hall–Kier alpha value is -3.76. The second-order valence-electron chi connectivity index (χ2n) is 9.57. The number of ether oxygens (including phenoxy) is 5. The lowest BCUT2D eigenvalue weighted by molar-refractivity contribution is -0.0449. The van der Waals surface area contributed by atoms with E-state index in [2.05, 4.69) is 5.32 Å². The number of thioether (sulfide) groups is 1. The van der Waals surface area contributed by atoms with Gasteiger partial charge in [0.15, 0.2) is 23.0 Å². The number of rotatable bonds is 12. The zero-order valence-electron chi connectivity index (χ0n) is 24.1. The molecule has 2 amide bonds. The topological polar surface area (TPSA) is 98.7 Å². The molecule has 3 aromatic carbocycles. The van der Waals surface area contributed by atoms with Crippen LogP contribution in [0.3, 0.4) is 0 Å². The first-order valence-electron chi connectivity index (χ1n) is 13.5. The average molecular weight is 583 g/mol. The zero-order valence-corrected chi connectivity index (χ0v) is 25.0. The number of carbonyl (C=O) groups is 1. The van der Waals surface area contributed by atoms with E-state index in [1.807, 2.05) is 73.3 Å². The molecular weight excluding hydrogens is 544 g/mol. The van der Waals surface area contributed by atoms with Crippen LogP contribution in [0.25, 0.3) is 0 Å². The van der Waals surface area contributed by atoms with E-state index < -0.39 is 6.03 Å². The van der Waals surface area contributed by atoms with Crippen molar-refractivity contribution in [2.75, 3.05) is 40.4 Å². The van der Waals surface area contributed by atoms with Crippen molar-refractivity contribution in [2.24, 2.45) is 0 Å². The highest BCUT2D eigenvalue weighted by atomic mass is 32.2. The molecule has 0 aromatic heterocycles. The van der Waals surface area contributed by atoms with Crippen LogP contribution in [0.5, 0.6) is 28.7 Å². The molecule has 4 rings (SSSR count). The van der Waals surface area contributed by atoms with Gasteiger partial charge < -0.3 is 29.0 Å². The summed E-state index contributed by atoms with van der Waals surface area (Å²) in [6.45, 7) is 2.50. The number of nitrogens with zero attached hydrogens (tertiary/aromatic N) is 1. The van der Waals surface area contributed by atoms with Crippen LogP contribution in [-0.2, 0) is 6.54 Å². The van der Waals surface area contributed by atoms with Crippen molar-refractivity contribution in [3.8, 4) is 28.7 Å². The molecule has 41 heavy (non-hydrogen) atoms. The molecule has 1 aliphatic rings. The second kappa shape index (κ2) is 14.2. The van der Waals surface area contributed by atoms with Crippen molar-refractivity contribution in [3.63, 3.8) is 0 Å². The van der Waals surface area contributed by atoms with Gasteiger partial charge in [0, 0.05) is 10.5 Å². The molecule has 0 spiro atoms. The molecule has 2 atom stereocenters. The number of amides is 2. The highest BCUT2D eigenvalue weighted by Gasteiger charge is 2.31. The third kappa shape index (κ3) is 7.12. The quantitative estimate of drug-likeness (QED) is 0.170. The molecule has 0 saturated carbocycles. The normalized spacial score (nSPS) is 16.1. The third-order valence-corrected chi connectivity index (χ3v) is 8.52. The molecule has 3 aromatic rings. The maximum absolute atomic E-state index is 13.0. The monoisotopic (exact) mass is 582 g/mol. The lowest BCUT2D eigenvalue weighted by Gasteiger charge is -2.22. The summed E-state index contributed by atoms with van der Waals surface area (Å²) in [6, 6.07) is 16.5. The predicted octanol–water partition coefficient (Wildman–Crippen LogP) is 7.24. The molecule has 1 fully saturated rings. The first-order valence-corrected chi connectivity index (χ1v) is 14.5. The maximum Gasteiger partial charge on any atom is 0.345 e. The van der Waals surface area contributed by atoms with Crippen LogP contribution in [-0.4, -0.2) is 51.3 Å². The van der Waals surface area contributed by atoms with Gasteiger partial charge in [-0.2, -0.15) is 0 Å². The fraction of sp³-hybridized carbons (Fsp3) is 0.387. The summed E-state index contributed by atoms with van der Waals surface area (Å²) in [5.41, 5.74) is 3.33. The van der Waals surface area contributed by atoms with Gasteiger partial charge >= 0.3 is 6.03 Å². The Balaban J connectivity index is 1.59. The third-order valence-electron chi connectivity index (χ3n) is 6.85. The number of nitrogens with one attached hydrogen (secondary N) is 1. The van der Waals surface area contributed by atoms with Crippen molar-refractivity contribution in [3.05, 3.63) is 71.3 Å². The molecule has 1 aliphatic heterocycles. The van der Waals surface area contributed by atoms with Gasteiger partial charge in [0.1, 0.15) is 0 Å². The van der Waals surface area contributed by atoms with Crippen LogP contribution < -0.4 is 29.0 Å². The van der Waals surface area contributed by atoms with Crippen LogP contribution in [0.4, 0.5) is 10.5 Å². The van der Waals surface area contributed by atoms with Crippen LogP contribution in [0.15, 0.2) is 54.6 Å². The van der Waals surface area contributed by atoms with E-state index in [0.717, 1.165) is 36.0 Å². The SMILES string of the molecule is CCCOc1c(NC(=O)N(O)Cc2ccccc2)cc(C2CCC(c3cc(OC)c(OC)c(OC)c3)S2)cc1OC. The fourth-order valence-corrected chi connectivity index (χ4v) is 6.36. The van der Waals surface area contributed by atoms with Gasteiger partial charge in [-0.3, -0.25) is 5.21 Å². The minimum absolute atomic E-state index is 0.0452. The number of anilines is 1. The summed E-state index contributed by atoms with van der Waals surface area (Å²) >= 11 is 1.83. The van der Waals surface area contributed by atoms with E-state index in [-0.39, 0.29) is 17.0 Å². The Morgan fingerprint density at radius 1 is 0.878 bits per heavy atom. The Morgan fingerprint density at radius 2 is 1.44 bits per heavy atom. The molecule has 1 saturated heterocycles. The summed E-state index contributed by atoms with van der Waals surface area (Å²) in [6.07, 6.45) is 2.64. The molecule has 2 N–H and O–H groups in total. The molecule has 1 heterocycles. The highest BCUT2D eigenvalue weighted by Crippen LogP contribution is 2.56. The van der Waals surface area contributed by atoms with E-state index in [0.29, 0.717) is 46.1 Å². The number of hydrogen-bond donors (Lipinski definition) is 2. The number of urea groups is 1. The Morgan fingerprint density at radius 3 is 1.98 bits per heavy atom. The van der Waals surface area contributed by atoms with E-state index in [9.17, 15) is 10.0 Å². The Kier molecular flexibility index (Phi) is 10.5. The number of hydroxylamine groups is 2. The van der Waals surface area contributed by atoms with Gasteiger partial charge in [-0.15, -0.1) is 11.8 Å². The van der Waals surface area contributed by atoms with Crippen molar-refractivity contribution in [2.45, 2.75) is 43.2 Å². The minimum Gasteiger partial charge on any atom is -0.493 e. The summed E-state index contributed by atoms with van der Waals surface area (Å²) in [5, 5.41) is 14.3. The van der Waals surface area contributed by atoms with Crippen LogP contribution >= 0.6 is 11.8 Å². The summed E-state index contributed by atoms with van der Waals surface area (Å²) < 4.78 is 28.3. The molecule has 0 bridgehead atoms. The second-order valence-corrected chi connectivity index (χ2v) is 11.0. The minimum atomic E-state index is -0.663. The van der Waals surface area contributed by atoms with E-state index >= 15 is 0 Å². The molecule has 0 aliphatic carbocycles. The largest absolute Gasteiger partial charge is 0.493 e. The molecule has 9 nitrogen and oxygen atoms in total. The smallest absolute Gasteiger partial charge is 0.345 e. The Labute approximate surface area is 245 Å². The van der Waals surface area contributed by atoms with Crippen molar-refractivity contribution >= 4 is 23.5 Å². The number of methoxy groups -OCH3 is 4. The first kappa shape index (κ1) is 30.2. The summed E-state index contributed by atoms with van der Waals surface area (Å²) in [4.78, 5) is 13.0. The predicted molar refractivity (Wildman–Crippen MR) is 160 cm³/mol. The van der Waals surface area contributed by atoms with Gasteiger partial charge in [-0.1, -0.05) is 37.3 Å². The highest BCUT2D eigenvalue weighted by molar-refractivity contribution is 8.00. The van der Waals surface area contributed by atoms with Gasteiger partial charge in [0.2, 0.25) is 5.75 Å². The van der Waals surface area contributed by atoms with Crippen molar-refractivity contribution in [1.29, 1.82) is 0 Å². The maximum atomic E-state index is 13.0. The molecule has 10 heteroatoms. The molecular formula is C31H38N2O7S. The summed E-state index contributed by atoms with van der Waals surface area (Å²) in [7, 11) is 6.40. The lowest BCUT2D eigenvalue weighted by Crippen LogP contribution is -2.31. The molecule has 220 valence electrons. The van der Waals surface area contributed by atoms with Crippen molar-refractivity contribution in [1.82, 2.24) is 5.06 Å². The Bertz CT molecular complexity index is 1300. The standard InChI is InChI=1S/C31H38N2O7S/c1-6-14-40-29-23(32-31(34)33(35)19-20-10-8-7-9-11-20)15-21(16-24(29)36-2)27-12-13-28(41-27)22-17-25(37-3)30(39-5)26(18-22)38-4/h7-11,15-18,27-28,35H,6,12-14,19H2,1-5H3,(H,32,34).